The molecule has 2 aromatic rings. The van der Waals surface area contributed by atoms with Crippen LogP contribution in [0.2, 0.25) is 0 Å². The highest BCUT2D eigenvalue weighted by Gasteiger charge is 2.44. The van der Waals surface area contributed by atoms with Crippen LogP contribution >= 0.6 is 0 Å². The summed E-state index contributed by atoms with van der Waals surface area (Å²) in [5.41, 5.74) is 2.02. The Bertz CT molecular complexity index is 1060. The largest absolute Gasteiger partial charge is 0.480 e. The number of carboxylic acids is 1. The topological polar surface area (TPSA) is 105 Å². The Hall–Kier alpha value is -3.56. The lowest BCUT2D eigenvalue weighted by atomic mass is 9.96. The number of halogens is 3. The summed E-state index contributed by atoms with van der Waals surface area (Å²) in [5, 5.41) is 13.2. The molecule has 10 heteroatoms. The molecule has 1 aliphatic carbocycles. The van der Waals surface area contributed by atoms with Gasteiger partial charge in [0.05, 0.1) is 6.42 Å². The first-order valence-corrected chi connectivity index (χ1v) is 11.2. The fourth-order valence-corrected chi connectivity index (χ4v) is 4.30. The molecule has 0 radical (unpaired) electrons. The molecule has 1 aliphatic rings. The first-order chi connectivity index (χ1) is 16.5. The summed E-state index contributed by atoms with van der Waals surface area (Å²) in [4.78, 5) is 36.0. The average Bonchev–Trinajstić information content (AvgIpc) is 3.10. The summed E-state index contributed by atoms with van der Waals surface area (Å²) in [7, 11) is 0. The van der Waals surface area contributed by atoms with Crippen molar-refractivity contribution in [1.82, 2.24) is 10.6 Å². The van der Waals surface area contributed by atoms with Crippen LogP contribution in [0.25, 0.3) is 11.1 Å². The van der Waals surface area contributed by atoms with Gasteiger partial charge in [-0.1, -0.05) is 61.9 Å². The summed E-state index contributed by atoms with van der Waals surface area (Å²) in [6.45, 7) is 2.72. The highest BCUT2D eigenvalue weighted by atomic mass is 19.4. The molecule has 0 spiro atoms. The quantitative estimate of drug-likeness (QED) is 0.474. The van der Waals surface area contributed by atoms with Gasteiger partial charge in [-0.25, -0.2) is 9.59 Å². The lowest BCUT2D eigenvalue weighted by Crippen LogP contribution is -2.55. The van der Waals surface area contributed by atoms with Gasteiger partial charge in [-0.3, -0.25) is 4.79 Å². The average molecular weight is 492 g/mol. The Balaban J connectivity index is 1.66. The van der Waals surface area contributed by atoms with Crippen LogP contribution in [-0.2, 0) is 14.3 Å². The van der Waals surface area contributed by atoms with Gasteiger partial charge in [0.15, 0.2) is 0 Å². The smallest absolute Gasteiger partial charge is 0.409 e. The number of fused-ring (bicyclic) bond motifs is 3. The Morgan fingerprint density at radius 3 is 2.06 bits per heavy atom. The Morgan fingerprint density at radius 2 is 1.57 bits per heavy atom. The van der Waals surface area contributed by atoms with Crippen LogP contribution in [0, 0.1) is 0 Å². The van der Waals surface area contributed by atoms with Crippen molar-refractivity contribution in [2.75, 3.05) is 6.61 Å². The molecule has 2 atom stereocenters. The number of alkyl carbamates (subject to hydrolysis) is 1. The van der Waals surface area contributed by atoms with E-state index in [2.05, 4.69) is 5.32 Å². The third-order valence-corrected chi connectivity index (χ3v) is 6.06. The van der Waals surface area contributed by atoms with Gasteiger partial charge in [0.25, 0.3) is 0 Å². The zero-order chi connectivity index (χ0) is 25.8. The summed E-state index contributed by atoms with van der Waals surface area (Å²) in [5.74, 6) is -2.85. The molecule has 0 fully saturated rings. The van der Waals surface area contributed by atoms with Gasteiger partial charge < -0.3 is 20.5 Å². The summed E-state index contributed by atoms with van der Waals surface area (Å²) in [6.07, 6.45) is -7.03. The van der Waals surface area contributed by atoms with Crippen molar-refractivity contribution in [2.24, 2.45) is 0 Å². The summed E-state index contributed by atoms with van der Waals surface area (Å²) in [6, 6.07) is 12.5. The van der Waals surface area contributed by atoms with Gasteiger partial charge in [0.2, 0.25) is 5.91 Å². The molecule has 3 N–H and O–H groups in total. The number of carboxylic acid groups (broad SMARTS) is 1. The number of alkyl halides is 3. The molecular formula is C25H27F3N2O5. The number of carbonyl (C=O) groups excluding carboxylic acids is 2. The second-order valence-corrected chi connectivity index (χ2v) is 8.70. The first kappa shape index (κ1) is 26.1. The van der Waals surface area contributed by atoms with Gasteiger partial charge in [-0.2, -0.15) is 13.2 Å². The van der Waals surface area contributed by atoms with Crippen molar-refractivity contribution in [3.8, 4) is 11.1 Å². The summed E-state index contributed by atoms with van der Waals surface area (Å²) < 4.78 is 45.8. The van der Waals surface area contributed by atoms with Crippen LogP contribution in [0.1, 0.15) is 50.2 Å². The van der Waals surface area contributed by atoms with Crippen LogP contribution in [-0.4, -0.2) is 47.4 Å². The third kappa shape index (κ3) is 5.93. The molecule has 188 valence electrons. The normalized spacial score (nSPS) is 15.3. The molecule has 35 heavy (non-hydrogen) atoms. The van der Waals surface area contributed by atoms with E-state index < -0.39 is 42.1 Å². The zero-order valence-electron chi connectivity index (χ0n) is 19.3. The number of aliphatic carboxylic acids is 1. The number of amides is 2. The minimum atomic E-state index is -4.95. The van der Waals surface area contributed by atoms with E-state index in [-0.39, 0.29) is 18.9 Å². The Labute approximate surface area is 200 Å². The van der Waals surface area contributed by atoms with E-state index in [4.69, 9.17) is 4.74 Å². The number of rotatable bonds is 9. The SMILES string of the molecule is CCCC(C)(NC(=O)CC(NC(=O)OCC1c2ccccc2-c2ccccc21)C(F)(F)F)C(=O)O. The van der Waals surface area contributed by atoms with E-state index in [1.54, 1.807) is 12.2 Å². The minimum Gasteiger partial charge on any atom is -0.480 e. The van der Waals surface area contributed by atoms with Crippen molar-refractivity contribution >= 4 is 18.0 Å². The molecule has 2 unspecified atom stereocenters. The second kappa shape index (κ2) is 10.4. The highest BCUT2D eigenvalue weighted by molar-refractivity contribution is 5.87. The van der Waals surface area contributed by atoms with Crippen molar-refractivity contribution < 1.29 is 37.4 Å². The third-order valence-electron chi connectivity index (χ3n) is 6.06. The van der Waals surface area contributed by atoms with Crippen LogP contribution in [0.5, 0.6) is 0 Å². The maximum atomic E-state index is 13.5. The number of ether oxygens (including phenoxy) is 1. The predicted molar refractivity (Wildman–Crippen MR) is 122 cm³/mol. The molecule has 0 bridgehead atoms. The van der Waals surface area contributed by atoms with E-state index in [0.29, 0.717) is 6.42 Å². The Morgan fingerprint density at radius 1 is 1.03 bits per heavy atom. The fraction of sp³-hybridized carbons (Fsp3) is 0.400. The molecule has 7 nitrogen and oxygen atoms in total. The van der Waals surface area contributed by atoms with Crippen molar-refractivity contribution in [2.45, 2.75) is 56.8 Å². The van der Waals surface area contributed by atoms with E-state index >= 15 is 0 Å². The van der Waals surface area contributed by atoms with Crippen molar-refractivity contribution in [1.29, 1.82) is 0 Å². The van der Waals surface area contributed by atoms with Crippen LogP contribution < -0.4 is 10.6 Å². The number of hydrogen-bond acceptors (Lipinski definition) is 4. The molecular weight excluding hydrogens is 465 g/mol. The maximum absolute atomic E-state index is 13.5. The van der Waals surface area contributed by atoms with Crippen LogP contribution in [0.15, 0.2) is 48.5 Å². The highest BCUT2D eigenvalue weighted by Crippen LogP contribution is 2.44. The predicted octanol–water partition coefficient (Wildman–Crippen LogP) is 4.61. The standard InChI is InChI=1S/C25H27F3N2O5/c1-3-12-24(2,22(32)33)30-21(31)13-20(25(26,27)28)29-23(34)35-14-19-17-10-6-4-8-15(17)16-9-5-7-11-18(16)19/h4-11,19-20H,3,12-14H2,1-2H3,(H,29,34)(H,30,31)(H,32,33). The molecule has 0 saturated heterocycles. The molecule has 2 amide bonds. The van der Waals surface area contributed by atoms with Gasteiger partial charge >= 0.3 is 18.2 Å². The number of hydrogen-bond donors (Lipinski definition) is 3. The lowest BCUT2D eigenvalue weighted by molar-refractivity contribution is -0.161. The van der Waals surface area contributed by atoms with Gasteiger partial charge in [0.1, 0.15) is 18.2 Å². The molecule has 0 aromatic heterocycles. The lowest BCUT2D eigenvalue weighted by Gasteiger charge is -2.27. The number of benzene rings is 2. The second-order valence-electron chi connectivity index (χ2n) is 8.70. The molecule has 0 saturated carbocycles. The van der Waals surface area contributed by atoms with E-state index in [1.165, 1.54) is 6.92 Å². The van der Waals surface area contributed by atoms with Gasteiger partial charge in [-0.15, -0.1) is 0 Å². The van der Waals surface area contributed by atoms with Crippen molar-refractivity contribution in [3.63, 3.8) is 0 Å². The molecule has 0 aliphatic heterocycles. The number of nitrogens with one attached hydrogen (secondary N) is 2. The zero-order valence-corrected chi connectivity index (χ0v) is 19.3. The van der Waals surface area contributed by atoms with E-state index in [1.807, 2.05) is 48.5 Å². The maximum Gasteiger partial charge on any atom is 0.409 e. The van der Waals surface area contributed by atoms with Gasteiger partial charge in [-0.05, 0) is 35.6 Å². The molecule has 2 aromatic carbocycles. The minimum absolute atomic E-state index is 0.0323. The summed E-state index contributed by atoms with van der Waals surface area (Å²) >= 11 is 0. The van der Waals surface area contributed by atoms with E-state index in [0.717, 1.165) is 22.3 Å². The number of carbonyl (C=O) groups is 3. The fourth-order valence-electron chi connectivity index (χ4n) is 4.30. The van der Waals surface area contributed by atoms with Gasteiger partial charge in [0, 0.05) is 5.92 Å². The Kier molecular flexibility index (Phi) is 7.72. The molecule has 3 rings (SSSR count). The first-order valence-electron chi connectivity index (χ1n) is 11.2. The van der Waals surface area contributed by atoms with Crippen LogP contribution in [0.3, 0.4) is 0 Å². The monoisotopic (exact) mass is 492 g/mol. The van der Waals surface area contributed by atoms with Crippen molar-refractivity contribution in [3.05, 3.63) is 59.7 Å². The van der Waals surface area contributed by atoms with Crippen LogP contribution in [0.4, 0.5) is 18.0 Å². The van der Waals surface area contributed by atoms with E-state index in [9.17, 15) is 32.7 Å². The molecule has 0 heterocycles.